The molecular weight excluding hydrogens is 528 g/mol. The number of likely N-dealkylation sites (tertiary alicyclic amines) is 1. The summed E-state index contributed by atoms with van der Waals surface area (Å²) in [6, 6.07) is 4.22. The number of amidine groups is 1. The molecule has 0 radical (unpaired) electrons. The largest absolute Gasteiger partial charge is 0.416 e. The van der Waals surface area contributed by atoms with E-state index in [1.807, 2.05) is 0 Å². The molecule has 2 fully saturated rings. The summed E-state index contributed by atoms with van der Waals surface area (Å²) in [6.45, 7) is 5.84. The number of hydrogen-bond acceptors (Lipinski definition) is 4. The number of halogens is 6. The van der Waals surface area contributed by atoms with Crippen LogP contribution in [0.15, 0.2) is 47.6 Å². The van der Waals surface area contributed by atoms with Crippen LogP contribution in [-0.4, -0.2) is 77.4 Å². The number of benzene rings is 1. The first-order valence-corrected chi connectivity index (χ1v) is 12.6. The van der Waals surface area contributed by atoms with Crippen molar-refractivity contribution in [3.63, 3.8) is 0 Å². The summed E-state index contributed by atoms with van der Waals surface area (Å²) >= 11 is 0. The number of urea groups is 1. The summed E-state index contributed by atoms with van der Waals surface area (Å²) in [5.74, 6) is -0.0611. The van der Waals surface area contributed by atoms with E-state index in [-0.39, 0.29) is 48.9 Å². The van der Waals surface area contributed by atoms with Crippen LogP contribution in [0.4, 0.5) is 31.1 Å². The monoisotopic (exact) mass is 557 g/mol. The van der Waals surface area contributed by atoms with E-state index >= 15 is 0 Å². The number of amides is 3. The van der Waals surface area contributed by atoms with Crippen LogP contribution in [0.2, 0.25) is 0 Å². The Labute approximate surface area is 221 Å². The lowest BCUT2D eigenvalue weighted by Crippen LogP contribution is -2.50. The first kappa shape index (κ1) is 28.5. The fourth-order valence-electron chi connectivity index (χ4n) is 4.94. The van der Waals surface area contributed by atoms with Crippen molar-refractivity contribution < 1.29 is 35.9 Å². The fourth-order valence-corrected chi connectivity index (χ4v) is 4.94. The number of piperidine rings is 1. The fraction of sp³-hybridized carbons (Fsp3) is 0.500. The Kier molecular flexibility index (Phi) is 8.26. The van der Waals surface area contributed by atoms with Crippen LogP contribution in [0, 0.1) is 0 Å². The highest BCUT2D eigenvalue weighted by Gasteiger charge is 2.34. The van der Waals surface area contributed by atoms with E-state index in [1.165, 1.54) is 23.1 Å². The molecule has 0 aliphatic carbocycles. The predicted octanol–water partition coefficient (Wildman–Crippen LogP) is 5.02. The summed E-state index contributed by atoms with van der Waals surface area (Å²) < 4.78 is 77.3. The van der Waals surface area contributed by atoms with Gasteiger partial charge in [0, 0.05) is 56.3 Å². The molecule has 0 spiro atoms. The molecule has 2 saturated heterocycles. The Hall–Kier alpha value is -3.51. The van der Waals surface area contributed by atoms with Gasteiger partial charge in [-0.1, -0.05) is 18.7 Å². The molecule has 0 atom stereocenters. The van der Waals surface area contributed by atoms with Crippen molar-refractivity contribution in [2.75, 3.05) is 32.7 Å². The number of hydrogen-bond donors (Lipinski definition) is 1. The first-order valence-electron chi connectivity index (χ1n) is 12.6. The minimum Gasteiger partial charge on any atom is -0.341 e. The van der Waals surface area contributed by atoms with Gasteiger partial charge in [0.2, 0.25) is 5.91 Å². The standard InChI is InChI=1S/C26H29F6N5O2/c1-17-15-21(18-4-6-19(7-5-18)26(30,31)32)34-22(3-2-10-25(27,28)29)37(17)16-23(38)35-12-8-20(9-13-35)36-14-11-33-24(36)39/h4-7,15,20H,1-3,8-14,16H2,(H,33,39). The lowest BCUT2D eigenvalue weighted by atomic mass is 10.0. The van der Waals surface area contributed by atoms with E-state index in [0.29, 0.717) is 50.3 Å². The lowest BCUT2D eigenvalue weighted by Gasteiger charge is -2.38. The third-order valence-electron chi connectivity index (χ3n) is 7.02. The normalized spacial score (nSPS) is 19.3. The molecule has 0 saturated carbocycles. The van der Waals surface area contributed by atoms with E-state index in [4.69, 9.17) is 0 Å². The molecular formula is C26H29F6N5O2. The zero-order valence-electron chi connectivity index (χ0n) is 21.1. The van der Waals surface area contributed by atoms with Gasteiger partial charge in [-0.15, -0.1) is 0 Å². The Bertz CT molecular complexity index is 1150. The molecule has 4 rings (SSSR count). The summed E-state index contributed by atoms with van der Waals surface area (Å²) in [7, 11) is 0. The highest BCUT2D eigenvalue weighted by molar-refractivity contribution is 5.95. The number of nitrogens with one attached hydrogen (secondary N) is 1. The molecule has 13 heteroatoms. The molecule has 3 amide bonds. The SMILES string of the molecule is C=C1C=C(c2ccc(C(F)(F)F)cc2)N=C(CCCC(F)(F)F)N1CC(=O)N1CCC(N2CCNC2=O)CC1. The van der Waals surface area contributed by atoms with E-state index in [9.17, 15) is 35.9 Å². The van der Waals surface area contributed by atoms with Crippen molar-refractivity contribution in [2.24, 2.45) is 4.99 Å². The zero-order chi connectivity index (χ0) is 28.4. The van der Waals surface area contributed by atoms with Crippen molar-refractivity contribution in [2.45, 2.75) is 50.5 Å². The van der Waals surface area contributed by atoms with E-state index in [2.05, 4.69) is 16.9 Å². The van der Waals surface area contributed by atoms with Crippen molar-refractivity contribution in [3.05, 3.63) is 53.7 Å². The second-order valence-corrected chi connectivity index (χ2v) is 9.72. The maximum atomic E-state index is 13.2. The second-order valence-electron chi connectivity index (χ2n) is 9.72. The molecule has 1 aromatic rings. The number of rotatable bonds is 7. The molecule has 0 aromatic heterocycles. The number of carbonyl (C=O) groups excluding carboxylic acids is 2. The van der Waals surface area contributed by atoms with Gasteiger partial charge in [-0.25, -0.2) is 9.79 Å². The average Bonchev–Trinajstić information content (AvgIpc) is 3.30. The van der Waals surface area contributed by atoms with Crippen LogP contribution in [0.3, 0.4) is 0 Å². The molecule has 7 nitrogen and oxygen atoms in total. The molecule has 1 N–H and O–H groups in total. The predicted molar refractivity (Wildman–Crippen MR) is 132 cm³/mol. The molecule has 212 valence electrons. The number of aliphatic imine (C=N–C) groups is 1. The Morgan fingerprint density at radius 2 is 1.72 bits per heavy atom. The van der Waals surface area contributed by atoms with Crippen LogP contribution in [0.1, 0.15) is 43.2 Å². The molecule has 39 heavy (non-hydrogen) atoms. The third-order valence-corrected chi connectivity index (χ3v) is 7.02. The van der Waals surface area contributed by atoms with Gasteiger partial charge < -0.3 is 20.0 Å². The molecule has 3 heterocycles. The maximum Gasteiger partial charge on any atom is 0.416 e. The Balaban J connectivity index is 1.46. The van der Waals surface area contributed by atoms with Gasteiger partial charge in [0.15, 0.2) is 0 Å². The van der Waals surface area contributed by atoms with Crippen molar-refractivity contribution in [1.82, 2.24) is 20.0 Å². The van der Waals surface area contributed by atoms with Crippen LogP contribution in [-0.2, 0) is 11.0 Å². The molecule has 0 bridgehead atoms. The zero-order valence-corrected chi connectivity index (χ0v) is 21.1. The third kappa shape index (κ3) is 7.12. The number of carbonyl (C=O) groups is 2. The molecule has 3 aliphatic rings. The smallest absolute Gasteiger partial charge is 0.341 e. The van der Waals surface area contributed by atoms with Crippen LogP contribution in [0.25, 0.3) is 5.70 Å². The summed E-state index contributed by atoms with van der Waals surface area (Å²) in [6.07, 6.45) is -7.56. The van der Waals surface area contributed by atoms with Gasteiger partial charge in [0.05, 0.1) is 11.3 Å². The van der Waals surface area contributed by atoms with Gasteiger partial charge in [-0.05, 0) is 37.5 Å². The van der Waals surface area contributed by atoms with Crippen molar-refractivity contribution in [3.8, 4) is 0 Å². The number of nitrogens with zero attached hydrogens (tertiary/aromatic N) is 4. The summed E-state index contributed by atoms with van der Waals surface area (Å²) in [4.78, 5) is 34.4. The first-order chi connectivity index (χ1) is 18.3. The van der Waals surface area contributed by atoms with E-state index < -0.39 is 24.3 Å². The average molecular weight is 558 g/mol. The van der Waals surface area contributed by atoms with E-state index in [0.717, 1.165) is 12.1 Å². The molecule has 0 unspecified atom stereocenters. The highest BCUT2D eigenvalue weighted by Crippen LogP contribution is 2.32. The quantitative estimate of drug-likeness (QED) is 0.479. The second kappa shape index (κ2) is 11.3. The van der Waals surface area contributed by atoms with Gasteiger partial charge in [-0.2, -0.15) is 26.3 Å². The minimum absolute atomic E-state index is 0.0372. The lowest BCUT2D eigenvalue weighted by molar-refractivity contribution is -0.137. The van der Waals surface area contributed by atoms with Crippen LogP contribution in [0.5, 0.6) is 0 Å². The van der Waals surface area contributed by atoms with Gasteiger partial charge in [0.1, 0.15) is 12.4 Å². The van der Waals surface area contributed by atoms with Gasteiger partial charge in [-0.3, -0.25) is 4.79 Å². The summed E-state index contributed by atoms with van der Waals surface area (Å²) in [5, 5.41) is 2.77. The Morgan fingerprint density at radius 3 is 2.28 bits per heavy atom. The maximum absolute atomic E-state index is 13.2. The molecule has 1 aromatic carbocycles. The molecule has 3 aliphatic heterocycles. The number of allylic oxidation sites excluding steroid dienone is 1. The minimum atomic E-state index is -4.51. The van der Waals surface area contributed by atoms with E-state index in [1.54, 1.807) is 9.80 Å². The number of alkyl halides is 6. The van der Waals surface area contributed by atoms with Crippen molar-refractivity contribution in [1.29, 1.82) is 0 Å². The van der Waals surface area contributed by atoms with Crippen LogP contribution >= 0.6 is 0 Å². The summed E-state index contributed by atoms with van der Waals surface area (Å²) in [5.41, 5.74) is 0.0664. The van der Waals surface area contributed by atoms with Crippen LogP contribution < -0.4 is 5.32 Å². The van der Waals surface area contributed by atoms with Gasteiger partial charge in [0.25, 0.3) is 0 Å². The van der Waals surface area contributed by atoms with Crippen molar-refractivity contribution >= 4 is 23.5 Å². The topological polar surface area (TPSA) is 68.2 Å². The Morgan fingerprint density at radius 1 is 1.05 bits per heavy atom. The van der Waals surface area contributed by atoms with Gasteiger partial charge >= 0.3 is 18.4 Å². The highest BCUT2D eigenvalue weighted by atomic mass is 19.4.